The van der Waals surface area contributed by atoms with Crippen LogP contribution in [0.15, 0.2) is 0 Å². The van der Waals surface area contributed by atoms with E-state index < -0.39 is 17.4 Å². The molecule has 0 aliphatic heterocycles. The van der Waals surface area contributed by atoms with Crippen LogP contribution in [-0.2, 0) is 9.59 Å². The van der Waals surface area contributed by atoms with Crippen LogP contribution in [0, 0.1) is 5.41 Å². The summed E-state index contributed by atoms with van der Waals surface area (Å²) in [7, 11) is 3.30. The van der Waals surface area contributed by atoms with Crippen LogP contribution in [0.2, 0.25) is 0 Å². The standard InChI is InChI=1S/C13H23N3O4/c1-16(2)10(17)5-8-14-12(20)15-9-13(11(18)19)6-3-4-7-13/h3-9H2,1-2H3,(H,18,19)(H2,14,15,20). The van der Waals surface area contributed by atoms with E-state index in [0.717, 1.165) is 12.8 Å². The van der Waals surface area contributed by atoms with Gasteiger partial charge in [-0.1, -0.05) is 12.8 Å². The molecule has 0 unspecified atom stereocenters. The Balaban J connectivity index is 2.29. The number of rotatable bonds is 6. The number of urea groups is 1. The van der Waals surface area contributed by atoms with E-state index in [1.807, 2.05) is 0 Å². The van der Waals surface area contributed by atoms with Crippen LogP contribution in [0.3, 0.4) is 0 Å². The molecule has 3 amide bonds. The van der Waals surface area contributed by atoms with Gasteiger partial charge < -0.3 is 20.6 Å². The van der Waals surface area contributed by atoms with Crippen molar-refractivity contribution in [2.24, 2.45) is 5.41 Å². The number of nitrogens with zero attached hydrogens (tertiary/aromatic N) is 1. The van der Waals surface area contributed by atoms with Crippen molar-refractivity contribution in [3.63, 3.8) is 0 Å². The lowest BCUT2D eigenvalue weighted by atomic mass is 9.86. The maximum atomic E-state index is 11.6. The van der Waals surface area contributed by atoms with Crippen molar-refractivity contribution in [2.75, 3.05) is 27.2 Å². The molecule has 0 aromatic heterocycles. The van der Waals surface area contributed by atoms with Crippen molar-refractivity contribution in [1.82, 2.24) is 15.5 Å². The predicted octanol–water partition coefficient (Wildman–Crippen LogP) is 0.409. The van der Waals surface area contributed by atoms with E-state index in [9.17, 15) is 19.5 Å². The molecule has 0 saturated heterocycles. The molecule has 1 aliphatic rings. The van der Waals surface area contributed by atoms with Crippen molar-refractivity contribution < 1.29 is 19.5 Å². The highest BCUT2D eigenvalue weighted by Gasteiger charge is 2.41. The van der Waals surface area contributed by atoms with Gasteiger partial charge in [-0.2, -0.15) is 0 Å². The van der Waals surface area contributed by atoms with Gasteiger partial charge in [0, 0.05) is 33.6 Å². The third-order valence-electron chi connectivity index (χ3n) is 3.72. The smallest absolute Gasteiger partial charge is 0.314 e. The molecule has 7 nitrogen and oxygen atoms in total. The molecule has 0 aromatic rings. The van der Waals surface area contributed by atoms with Crippen molar-refractivity contribution >= 4 is 17.9 Å². The van der Waals surface area contributed by atoms with Crippen LogP contribution in [0.5, 0.6) is 0 Å². The lowest BCUT2D eigenvalue weighted by molar-refractivity contribution is -0.148. The summed E-state index contributed by atoms with van der Waals surface area (Å²) in [5.74, 6) is -0.916. The fraction of sp³-hybridized carbons (Fsp3) is 0.769. The third kappa shape index (κ3) is 4.40. The number of carboxylic acids is 1. The SMILES string of the molecule is CN(C)C(=O)CCNC(=O)NCC1(C(=O)O)CCCC1. The Morgan fingerprint density at radius 2 is 1.75 bits per heavy atom. The molecule has 7 heteroatoms. The number of hydrogen-bond acceptors (Lipinski definition) is 3. The molecule has 0 atom stereocenters. The van der Waals surface area contributed by atoms with Crippen molar-refractivity contribution in [1.29, 1.82) is 0 Å². The van der Waals surface area contributed by atoms with Crippen LogP contribution >= 0.6 is 0 Å². The van der Waals surface area contributed by atoms with Crippen LogP contribution in [0.25, 0.3) is 0 Å². The van der Waals surface area contributed by atoms with Crippen molar-refractivity contribution in [3.05, 3.63) is 0 Å². The summed E-state index contributed by atoms with van der Waals surface area (Å²) in [5, 5.41) is 14.4. The van der Waals surface area contributed by atoms with Gasteiger partial charge in [0.2, 0.25) is 5.91 Å². The Kier molecular flexibility index (Phi) is 5.79. The highest BCUT2D eigenvalue weighted by molar-refractivity contribution is 5.79. The molecule has 1 saturated carbocycles. The largest absolute Gasteiger partial charge is 0.481 e. The van der Waals surface area contributed by atoms with Crippen LogP contribution in [-0.4, -0.2) is 55.1 Å². The molecule has 3 N–H and O–H groups in total. The van der Waals surface area contributed by atoms with E-state index in [1.165, 1.54) is 4.90 Å². The van der Waals surface area contributed by atoms with Gasteiger partial charge in [-0.3, -0.25) is 9.59 Å². The number of carbonyl (C=O) groups excluding carboxylic acids is 2. The van der Waals surface area contributed by atoms with Gasteiger partial charge in [0.1, 0.15) is 0 Å². The molecule has 114 valence electrons. The van der Waals surface area contributed by atoms with Gasteiger partial charge in [-0.15, -0.1) is 0 Å². The summed E-state index contributed by atoms with van der Waals surface area (Å²) in [4.78, 5) is 35.6. The zero-order chi connectivity index (χ0) is 15.2. The van der Waals surface area contributed by atoms with Gasteiger partial charge >= 0.3 is 12.0 Å². The Morgan fingerprint density at radius 1 is 1.15 bits per heavy atom. The fourth-order valence-electron chi connectivity index (χ4n) is 2.34. The van der Waals surface area contributed by atoms with Crippen LogP contribution < -0.4 is 10.6 Å². The Hall–Kier alpha value is -1.79. The van der Waals surface area contributed by atoms with Gasteiger partial charge in [0.15, 0.2) is 0 Å². The monoisotopic (exact) mass is 285 g/mol. The molecule has 0 aromatic carbocycles. The number of hydrogen-bond donors (Lipinski definition) is 3. The minimum Gasteiger partial charge on any atom is -0.481 e. The Bertz CT molecular complexity index is 376. The summed E-state index contributed by atoms with van der Waals surface area (Å²) < 4.78 is 0. The van der Waals surface area contributed by atoms with Gasteiger partial charge in [-0.25, -0.2) is 4.79 Å². The molecule has 1 fully saturated rings. The van der Waals surface area contributed by atoms with E-state index in [1.54, 1.807) is 14.1 Å². The normalized spacial score (nSPS) is 16.5. The van der Waals surface area contributed by atoms with Crippen LogP contribution in [0.4, 0.5) is 4.79 Å². The first kappa shape index (κ1) is 16.3. The molecule has 0 heterocycles. The lowest BCUT2D eigenvalue weighted by Crippen LogP contribution is -2.45. The number of carboxylic acid groups (broad SMARTS) is 1. The first-order valence-electron chi connectivity index (χ1n) is 6.83. The summed E-state index contributed by atoms with van der Waals surface area (Å²) in [6.45, 7) is 0.374. The Morgan fingerprint density at radius 3 is 2.25 bits per heavy atom. The minimum atomic E-state index is -0.849. The number of carbonyl (C=O) groups is 3. The molecule has 0 bridgehead atoms. The summed E-state index contributed by atoms with van der Waals surface area (Å²) in [5.41, 5.74) is -0.823. The molecule has 20 heavy (non-hydrogen) atoms. The maximum Gasteiger partial charge on any atom is 0.314 e. The second kappa shape index (κ2) is 7.12. The zero-order valence-electron chi connectivity index (χ0n) is 12.1. The second-order valence-electron chi connectivity index (χ2n) is 5.44. The predicted molar refractivity (Wildman–Crippen MR) is 73.2 cm³/mol. The van der Waals surface area contributed by atoms with E-state index in [2.05, 4.69) is 10.6 Å². The van der Waals surface area contributed by atoms with Gasteiger partial charge in [0.05, 0.1) is 5.41 Å². The van der Waals surface area contributed by atoms with E-state index >= 15 is 0 Å². The first-order chi connectivity index (χ1) is 9.37. The first-order valence-corrected chi connectivity index (χ1v) is 6.83. The minimum absolute atomic E-state index is 0.0666. The van der Waals surface area contributed by atoms with E-state index in [-0.39, 0.29) is 25.4 Å². The fourth-order valence-corrected chi connectivity index (χ4v) is 2.34. The summed E-state index contributed by atoms with van der Waals surface area (Å²) in [6.07, 6.45) is 3.19. The molecular formula is C13H23N3O4. The third-order valence-corrected chi connectivity index (χ3v) is 3.72. The van der Waals surface area contributed by atoms with Crippen LogP contribution in [0.1, 0.15) is 32.1 Å². The molecule has 1 aliphatic carbocycles. The quantitative estimate of drug-likeness (QED) is 0.658. The topological polar surface area (TPSA) is 98.7 Å². The van der Waals surface area contributed by atoms with Crippen molar-refractivity contribution in [2.45, 2.75) is 32.1 Å². The second-order valence-corrected chi connectivity index (χ2v) is 5.44. The molecular weight excluding hydrogens is 262 g/mol. The zero-order valence-corrected chi connectivity index (χ0v) is 12.1. The average molecular weight is 285 g/mol. The molecule has 1 rings (SSSR count). The van der Waals surface area contributed by atoms with Crippen molar-refractivity contribution in [3.8, 4) is 0 Å². The Labute approximate surface area is 118 Å². The highest BCUT2D eigenvalue weighted by atomic mass is 16.4. The summed E-state index contributed by atoms with van der Waals surface area (Å²) >= 11 is 0. The van der Waals surface area contributed by atoms with Gasteiger partial charge in [0.25, 0.3) is 0 Å². The lowest BCUT2D eigenvalue weighted by Gasteiger charge is -2.24. The van der Waals surface area contributed by atoms with E-state index in [4.69, 9.17) is 0 Å². The van der Waals surface area contributed by atoms with E-state index in [0.29, 0.717) is 12.8 Å². The van der Waals surface area contributed by atoms with Gasteiger partial charge in [-0.05, 0) is 12.8 Å². The maximum absolute atomic E-state index is 11.6. The molecule has 0 spiro atoms. The molecule has 0 radical (unpaired) electrons. The highest BCUT2D eigenvalue weighted by Crippen LogP contribution is 2.37. The number of nitrogens with one attached hydrogen (secondary N) is 2. The average Bonchev–Trinajstić information content (AvgIpc) is 2.86. The number of amides is 3. The summed E-state index contributed by atoms with van der Waals surface area (Å²) in [6, 6.07) is -0.427. The number of aliphatic carboxylic acids is 1.